The minimum absolute atomic E-state index is 0.579. The van der Waals surface area contributed by atoms with E-state index in [1.54, 1.807) is 23.3 Å². The van der Waals surface area contributed by atoms with Gasteiger partial charge >= 0.3 is 0 Å². The summed E-state index contributed by atoms with van der Waals surface area (Å²) in [5.41, 5.74) is 4.11. The van der Waals surface area contributed by atoms with Gasteiger partial charge in [-0.05, 0) is 24.3 Å². The zero-order valence-electron chi connectivity index (χ0n) is 13.1. The number of nitrogens with zero attached hydrogens (tertiary/aromatic N) is 5. The Kier molecular flexibility index (Phi) is 3.66. The van der Waals surface area contributed by atoms with Crippen molar-refractivity contribution in [2.24, 2.45) is 5.16 Å². The molecule has 0 saturated heterocycles. The minimum Gasteiger partial charge on any atom is -0.491 e. The van der Waals surface area contributed by atoms with Gasteiger partial charge in [-0.2, -0.15) is 5.10 Å². The number of hydrogen-bond donors (Lipinski definition) is 0. The summed E-state index contributed by atoms with van der Waals surface area (Å²) in [7, 11) is 1.53. The predicted molar refractivity (Wildman–Crippen MR) is 88.2 cm³/mol. The molecule has 0 N–H and O–H groups in total. The zero-order valence-corrected chi connectivity index (χ0v) is 13.1. The largest absolute Gasteiger partial charge is 0.491 e. The van der Waals surface area contributed by atoms with Gasteiger partial charge in [-0.15, -0.1) is 0 Å². The molecule has 0 atom stereocenters. The van der Waals surface area contributed by atoms with Gasteiger partial charge in [0.25, 0.3) is 0 Å². The van der Waals surface area contributed by atoms with E-state index in [0.29, 0.717) is 13.0 Å². The van der Waals surface area contributed by atoms with E-state index in [2.05, 4.69) is 20.2 Å². The summed E-state index contributed by atoms with van der Waals surface area (Å²) in [5, 5.41) is 8.44. The molecular formula is C17H15N5O2. The molecule has 0 spiro atoms. The van der Waals surface area contributed by atoms with Gasteiger partial charge in [-0.3, -0.25) is 4.98 Å². The summed E-state index contributed by atoms with van der Waals surface area (Å²) in [6, 6.07) is 7.64. The summed E-state index contributed by atoms with van der Waals surface area (Å²) in [4.78, 5) is 13.7. The van der Waals surface area contributed by atoms with Gasteiger partial charge in [0, 0.05) is 24.4 Å². The maximum absolute atomic E-state index is 5.64. The van der Waals surface area contributed by atoms with Crippen molar-refractivity contribution in [1.82, 2.24) is 19.7 Å². The molecule has 1 aliphatic heterocycles. The molecular weight excluding hydrogens is 306 g/mol. The summed E-state index contributed by atoms with van der Waals surface area (Å²) in [6.45, 7) is 0.579. The van der Waals surface area contributed by atoms with Crippen molar-refractivity contribution in [1.29, 1.82) is 0 Å². The molecule has 0 fully saturated rings. The molecule has 4 rings (SSSR count). The van der Waals surface area contributed by atoms with Crippen LogP contribution in [0, 0.1) is 0 Å². The zero-order chi connectivity index (χ0) is 16.4. The number of oxime groups is 1. The Morgan fingerprint density at radius 3 is 3.04 bits per heavy atom. The van der Waals surface area contributed by atoms with Crippen molar-refractivity contribution in [3.63, 3.8) is 0 Å². The standard InChI is InChI=1S/C17H15N5O2/c1-23-21-15-6-8-24-16-5-4-14(20-17(15)16)12-9-19-22(11-12)13-3-2-7-18-10-13/h2-5,7,9-11H,6,8H2,1H3. The Morgan fingerprint density at radius 2 is 2.21 bits per heavy atom. The average molecular weight is 321 g/mol. The van der Waals surface area contributed by atoms with Crippen LogP contribution < -0.4 is 4.74 Å². The number of aromatic nitrogens is 4. The molecule has 120 valence electrons. The average Bonchev–Trinajstić information content (AvgIpc) is 3.13. The first kappa shape index (κ1) is 14.4. The third kappa shape index (κ3) is 2.60. The molecule has 0 aromatic carbocycles. The molecule has 0 saturated carbocycles. The maximum Gasteiger partial charge on any atom is 0.147 e. The van der Waals surface area contributed by atoms with Gasteiger partial charge in [-0.25, -0.2) is 9.67 Å². The van der Waals surface area contributed by atoms with Crippen LogP contribution in [-0.2, 0) is 4.84 Å². The molecule has 3 aromatic heterocycles. The van der Waals surface area contributed by atoms with Crippen molar-refractivity contribution in [3.05, 3.63) is 54.7 Å². The fourth-order valence-electron chi connectivity index (χ4n) is 2.59. The molecule has 0 radical (unpaired) electrons. The molecule has 7 nitrogen and oxygen atoms in total. The van der Waals surface area contributed by atoms with E-state index in [1.165, 1.54) is 7.11 Å². The van der Waals surface area contributed by atoms with E-state index in [4.69, 9.17) is 9.57 Å². The molecule has 4 heterocycles. The second kappa shape index (κ2) is 6.11. The van der Waals surface area contributed by atoms with Crippen LogP contribution in [0.3, 0.4) is 0 Å². The fraction of sp³-hybridized carbons (Fsp3) is 0.176. The molecule has 0 amide bonds. The van der Waals surface area contributed by atoms with Crippen molar-refractivity contribution < 1.29 is 9.57 Å². The van der Waals surface area contributed by atoms with E-state index in [1.807, 2.05) is 30.5 Å². The SMILES string of the molecule is CON=C1CCOc2ccc(-c3cnn(-c4cccnc4)c3)nc21. The highest BCUT2D eigenvalue weighted by molar-refractivity contribution is 6.02. The molecule has 24 heavy (non-hydrogen) atoms. The Bertz CT molecular complexity index is 889. The van der Waals surface area contributed by atoms with Crippen LogP contribution in [0.4, 0.5) is 0 Å². The van der Waals surface area contributed by atoms with Crippen molar-refractivity contribution in [3.8, 4) is 22.7 Å². The third-order valence-electron chi connectivity index (χ3n) is 3.72. The van der Waals surface area contributed by atoms with Crippen LogP contribution in [0.5, 0.6) is 5.75 Å². The van der Waals surface area contributed by atoms with E-state index < -0.39 is 0 Å². The summed E-state index contributed by atoms with van der Waals surface area (Å²) >= 11 is 0. The van der Waals surface area contributed by atoms with Crippen LogP contribution >= 0.6 is 0 Å². The molecule has 0 bridgehead atoms. The number of fused-ring (bicyclic) bond motifs is 1. The van der Waals surface area contributed by atoms with Crippen LogP contribution in [0.15, 0.2) is 54.2 Å². The highest BCUT2D eigenvalue weighted by Gasteiger charge is 2.20. The molecule has 1 aliphatic rings. The lowest BCUT2D eigenvalue weighted by atomic mass is 10.1. The number of hydrogen-bond acceptors (Lipinski definition) is 6. The second-order valence-electron chi connectivity index (χ2n) is 5.25. The van der Waals surface area contributed by atoms with Gasteiger partial charge in [0.1, 0.15) is 24.3 Å². The van der Waals surface area contributed by atoms with Gasteiger partial charge in [-0.1, -0.05) is 5.16 Å². The number of rotatable bonds is 3. The lowest BCUT2D eigenvalue weighted by Crippen LogP contribution is -2.18. The number of ether oxygens (including phenoxy) is 1. The van der Waals surface area contributed by atoms with E-state index >= 15 is 0 Å². The summed E-state index contributed by atoms with van der Waals surface area (Å²) in [6.07, 6.45) is 7.86. The highest BCUT2D eigenvalue weighted by atomic mass is 16.6. The van der Waals surface area contributed by atoms with Crippen LogP contribution in [0.2, 0.25) is 0 Å². The highest BCUT2D eigenvalue weighted by Crippen LogP contribution is 2.27. The van der Waals surface area contributed by atoms with Gasteiger partial charge in [0.15, 0.2) is 0 Å². The van der Waals surface area contributed by atoms with Crippen LogP contribution in [0.1, 0.15) is 12.1 Å². The number of pyridine rings is 2. The smallest absolute Gasteiger partial charge is 0.147 e. The molecule has 0 aliphatic carbocycles. The van der Waals surface area contributed by atoms with E-state index in [0.717, 1.165) is 34.1 Å². The van der Waals surface area contributed by atoms with Crippen molar-refractivity contribution in [2.45, 2.75) is 6.42 Å². The third-order valence-corrected chi connectivity index (χ3v) is 3.72. The molecule has 7 heteroatoms. The first-order valence-electron chi connectivity index (χ1n) is 7.55. The van der Waals surface area contributed by atoms with Gasteiger partial charge < -0.3 is 9.57 Å². The quantitative estimate of drug-likeness (QED) is 0.693. The Labute approximate surface area is 138 Å². The Hall–Kier alpha value is -3.22. The minimum atomic E-state index is 0.579. The predicted octanol–water partition coefficient (Wildman–Crippen LogP) is 2.46. The topological polar surface area (TPSA) is 74.4 Å². The molecule has 0 unspecified atom stereocenters. The fourth-order valence-corrected chi connectivity index (χ4v) is 2.59. The normalized spacial score (nSPS) is 15.0. The van der Waals surface area contributed by atoms with Crippen molar-refractivity contribution in [2.75, 3.05) is 13.7 Å². The van der Waals surface area contributed by atoms with E-state index in [-0.39, 0.29) is 0 Å². The first-order valence-corrected chi connectivity index (χ1v) is 7.55. The monoisotopic (exact) mass is 321 g/mol. The van der Waals surface area contributed by atoms with E-state index in [9.17, 15) is 0 Å². The summed E-state index contributed by atoms with van der Waals surface area (Å²) < 4.78 is 7.41. The second-order valence-corrected chi connectivity index (χ2v) is 5.25. The first-order chi connectivity index (χ1) is 11.8. The Balaban J connectivity index is 1.72. The lowest BCUT2D eigenvalue weighted by molar-refractivity contribution is 0.210. The van der Waals surface area contributed by atoms with Crippen LogP contribution in [0.25, 0.3) is 16.9 Å². The Morgan fingerprint density at radius 1 is 1.25 bits per heavy atom. The van der Waals surface area contributed by atoms with Gasteiger partial charge in [0.2, 0.25) is 0 Å². The summed E-state index contributed by atoms with van der Waals surface area (Å²) in [5.74, 6) is 0.723. The van der Waals surface area contributed by atoms with Crippen LogP contribution in [-0.4, -0.2) is 39.2 Å². The molecule has 3 aromatic rings. The van der Waals surface area contributed by atoms with Crippen molar-refractivity contribution >= 4 is 5.71 Å². The lowest BCUT2D eigenvalue weighted by Gasteiger charge is -2.18. The maximum atomic E-state index is 5.64. The van der Waals surface area contributed by atoms with Gasteiger partial charge in [0.05, 0.1) is 30.4 Å².